The first-order chi connectivity index (χ1) is 18.2. The fourth-order valence-electron chi connectivity index (χ4n) is 4.05. The summed E-state index contributed by atoms with van der Waals surface area (Å²) in [5.74, 6) is 0.289. The second kappa shape index (κ2) is 11.2. The van der Waals surface area contributed by atoms with Gasteiger partial charge in [-0.3, -0.25) is 9.48 Å². The van der Waals surface area contributed by atoms with E-state index < -0.39 is 11.4 Å². The molecule has 4 rings (SSSR count). The normalized spacial score (nSPS) is 11.1. The van der Waals surface area contributed by atoms with Crippen molar-refractivity contribution in [2.75, 3.05) is 26.1 Å². The van der Waals surface area contributed by atoms with Gasteiger partial charge >= 0.3 is 5.97 Å². The molecule has 196 valence electrons. The summed E-state index contributed by atoms with van der Waals surface area (Å²) in [6.45, 7) is 4.15. The number of nitrogens with zero attached hydrogens (tertiary/aromatic N) is 2. The van der Waals surface area contributed by atoms with Crippen LogP contribution < -0.4 is 14.8 Å². The number of esters is 1. The summed E-state index contributed by atoms with van der Waals surface area (Å²) in [6, 6.07) is 22.1. The number of rotatable bonds is 9. The van der Waals surface area contributed by atoms with Gasteiger partial charge in [-0.15, -0.1) is 0 Å². The third kappa shape index (κ3) is 5.86. The molecule has 1 heterocycles. The number of aryl methyl sites for hydroxylation is 1. The second-order valence-corrected chi connectivity index (χ2v) is 9.49. The Hall–Kier alpha value is -4.59. The zero-order valence-electron chi connectivity index (χ0n) is 22.1. The van der Waals surface area contributed by atoms with E-state index in [1.807, 2.05) is 74.6 Å². The molecule has 0 aliphatic rings. The van der Waals surface area contributed by atoms with Crippen molar-refractivity contribution in [2.45, 2.75) is 19.3 Å². The highest BCUT2D eigenvalue weighted by atomic mass is 16.5. The topological polar surface area (TPSA) is 91.7 Å². The van der Waals surface area contributed by atoms with Gasteiger partial charge in [0.15, 0.2) is 17.2 Å². The van der Waals surface area contributed by atoms with Gasteiger partial charge in [-0.2, -0.15) is 5.10 Å². The van der Waals surface area contributed by atoms with Crippen LogP contribution in [0.2, 0.25) is 0 Å². The van der Waals surface area contributed by atoms with Crippen LogP contribution in [0.5, 0.6) is 11.5 Å². The molecule has 0 saturated heterocycles. The number of methoxy groups -OCH3 is 2. The van der Waals surface area contributed by atoms with Gasteiger partial charge in [0.25, 0.3) is 5.91 Å². The van der Waals surface area contributed by atoms with E-state index in [-0.39, 0.29) is 18.2 Å². The number of aromatic nitrogens is 2. The van der Waals surface area contributed by atoms with Gasteiger partial charge in [-0.05, 0) is 41.5 Å². The molecule has 0 atom stereocenters. The molecule has 0 fully saturated rings. The minimum absolute atomic E-state index is 0.161. The highest BCUT2D eigenvalue weighted by molar-refractivity contribution is 6.04. The summed E-state index contributed by atoms with van der Waals surface area (Å²) in [4.78, 5) is 25.7. The highest BCUT2D eigenvalue weighted by Gasteiger charge is 2.26. The molecule has 38 heavy (non-hydrogen) atoms. The molecule has 0 saturated carbocycles. The van der Waals surface area contributed by atoms with Crippen molar-refractivity contribution in [3.8, 4) is 22.6 Å². The Kier molecular flexibility index (Phi) is 7.81. The lowest BCUT2D eigenvalue weighted by molar-refractivity contribution is 0.0420. The van der Waals surface area contributed by atoms with Gasteiger partial charge in [0, 0.05) is 35.5 Å². The van der Waals surface area contributed by atoms with Crippen LogP contribution in [0.25, 0.3) is 11.1 Å². The van der Waals surface area contributed by atoms with E-state index in [1.54, 1.807) is 37.0 Å². The first kappa shape index (κ1) is 26.5. The Balaban J connectivity index is 1.41. The molecule has 0 spiro atoms. The number of ether oxygens (including phenoxy) is 3. The van der Waals surface area contributed by atoms with Crippen molar-refractivity contribution in [2.24, 2.45) is 7.05 Å². The van der Waals surface area contributed by atoms with Crippen LogP contribution in [-0.2, 0) is 17.2 Å². The molecule has 1 amide bonds. The van der Waals surface area contributed by atoms with E-state index in [2.05, 4.69) is 10.4 Å². The molecule has 4 aromatic rings. The second-order valence-electron chi connectivity index (χ2n) is 9.49. The van der Waals surface area contributed by atoms with Crippen LogP contribution in [-0.4, -0.2) is 42.5 Å². The fraction of sp³-hybridized carbons (Fsp3) is 0.233. The molecule has 8 heteroatoms. The molecule has 0 radical (unpaired) electrons. The van der Waals surface area contributed by atoms with E-state index in [0.717, 1.165) is 16.7 Å². The monoisotopic (exact) mass is 513 g/mol. The largest absolute Gasteiger partial charge is 0.493 e. The van der Waals surface area contributed by atoms with Gasteiger partial charge in [-0.25, -0.2) is 4.79 Å². The number of benzene rings is 3. The smallest absolute Gasteiger partial charge is 0.359 e. The van der Waals surface area contributed by atoms with E-state index >= 15 is 0 Å². The first-order valence-electron chi connectivity index (χ1n) is 12.1. The van der Waals surface area contributed by atoms with Crippen molar-refractivity contribution >= 4 is 17.6 Å². The predicted molar refractivity (Wildman–Crippen MR) is 146 cm³/mol. The van der Waals surface area contributed by atoms with Gasteiger partial charge < -0.3 is 19.5 Å². The van der Waals surface area contributed by atoms with Gasteiger partial charge in [0.1, 0.15) is 6.61 Å². The Labute approximate surface area is 222 Å². The van der Waals surface area contributed by atoms with Gasteiger partial charge in [0.2, 0.25) is 0 Å². The Morgan fingerprint density at radius 2 is 1.61 bits per heavy atom. The van der Waals surface area contributed by atoms with Crippen LogP contribution in [0, 0.1) is 0 Å². The Morgan fingerprint density at radius 3 is 2.26 bits per heavy atom. The van der Waals surface area contributed by atoms with Crippen molar-refractivity contribution < 1.29 is 23.8 Å². The number of hydrogen-bond donors (Lipinski definition) is 1. The van der Waals surface area contributed by atoms with E-state index in [0.29, 0.717) is 22.7 Å². The molecule has 0 aliphatic heterocycles. The first-order valence-corrected chi connectivity index (χ1v) is 12.1. The minimum Gasteiger partial charge on any atom is -0.493 e. The zero-order valence-corrected chi connectivity index (χ0v) is 22.1. The SMILES string of the molecule is COc1ccc(C(=O)Nc2ccc(C(C)(C)COC(=O)c3nn(C)cc3-c3ccccc3)cc2)cc1OC. The average Bonchev–Trinajstić information content (AvgIpc) is 3.33. The molecule has 0 bridgehead atoms. The van der Waals surface area contributed by atoms with Crippen LogP contribution in [0.15, 0.2) is 79.0 Å². The lowest BCUT2D eigenvalue weighted by Crippen LogP contribution is -2.26. The number of anilines is 1. The van der Waals surface area contributed by atoms with Gasteiger partial charge in [0.05, 0.1) is 14.2 Å². The van der Waals surface area contributed by atoms with Gasteiger partial charge in [-0.1, -0.05) is 56.3 Å². The maximum Gasteiger partial charge on any atom is 0.359 e. The maximum absolute atomic E-state index is 13.0. The Morgan fingerprint density at radius 1 is 0.921 bits per heavy atom. The van der Waals surface area contributed by atoms with Crippen LogP contribution in [0.1, 0.15) is 40.3 Å². The quantitative estimate of drug-likeness (QED) is 0.298. The molecular formula is C30H31N3O5. The lowest BCUT2D eigenvalue weighted by Gasteiger charge is -2.25. The molecule has 0 unspecified atom stereocenters. The number of carbonyl (C=O) groups excluding carboxylic acids is 2. The fourth-order valence-corrected chi connectivity index (χ4v) is 4.05. The number of hydrogen-bond acceptors (Lipinski definition) is 6. The summed E-state index contributed by atoms with van der Waals surface area (Å²) >= 11 is 0. The molecule has 8 nitrogen and oxygen atoms in total. The van der Waals surface area contributed by atoms with E-state index in [1.165, 1.54) is 7.11 Å². The van der Waals surface area contributed by atoms with Crippen molar-refractivity contribution in [3.05, 3.63) is 95.8 Å². The summed E-state index contributed by atoms with van der Waals surface area (Å²) in [6.07, 6.45) is 1.81. The summed E-state index contributed by atoms with van der Waals surface area (Å²) in [7, 11) is 4.84. The predicted octanol–water partition coefficient (Wildman–Crippen LogP) is 5.49. The Bertz CT molecular complexity index is 1430. The van der Waals surface area contributed by atoms with E-state index in [9.17, 15) is 9.59 Å². The third-order valence-corrected chi connectivity index (χ3v) is 6.24. The third-order valence-electron chi connectivity index (χ3n) is 6.24. The number of amides is 1. The van der Waals surface area contributed by atoms with Crippen LogP contribution >= 0.6 is 0 Å². The van der Waals surface area contributed by atoms with Crippen LogP contribution in [0.3, 0.4) is 0 Å². The molecule has 1 aromatic heterocycles. The number of carbonyl (C=O) groups is 2. The van der Waals surface area contributed by atoms with Crippen molar-refractivity contribution in [3.63, 3.8) is 0 Å². The molecular weight excluding hydrogens is 482 g/mol. The molecule has 1 N–H and O–H groups in total. The number of nitrogens with one attached hydrogen (secondary N) is 1. The highest BCUT2D eigenvalue weighted by Crippen LogP contribution is 2.29. The summed E-state index contributed by atoms with van der Waals surface area (Å²) in [5, 5.41) is 7.22. The zero-order chi connectivity index (χ0) is 27.3. The maximum atomic E-state index is 13.0. The molecule has 0 aliphatic carbocycles. The summed E-state index contributed by atoms with van der Waals surface area (Å²) < 4.78 is 17.8. The van der Waals surface area contributed by atoms with Crippen molar-refractivity contribution in [1.82, 2.24) is 9.78 Å². The average molecular weight is 514 g/mol. The van der Waals surface area contributed by atoms with Crippen molar-refractivity contribution in [1.29, 1.82) is 0 Å². The van der Waals surface area contributed by atoms with Crippen LogP contribution in [0.4, 0.5) is 5.69 Å². The van der Waals surface area contributed by atoms with E-state index in [4.69, 9.17) is 14.2 Å². The summed E-state index contributed by atoms with van der Waals surface area (Å²) in [5.41, 5.74) is 3.48. The molecule has 3 aromatic carbocycles. The standard InChI is InChI=1S/C30H31N3O5/c1-30(2,19-38-29(35)27-24(18-33(3)32-27)20-9-7-6-8-10-20)22-12-14-23(15-13-22)31-28(34)21-11-16-25(36-4)26(17-21)37-5/h6-18H,19H2,1-5H3,(H,31,34). The lowest BCUT2D eigenvalue weighted by atomic mass is 9.85. The minimum atomic E-state index is -0.476.